The van der Waals surface area contributed by atoms with Crippen molar-refractivity contribution in [1.29, 1.82) is 0 Å². The van der Waals surface area contributed by atoms with Gasteiger partial charge in [-0.25, -0.2) is 0 Å². The maximum atomic E-state index is 13.8. The standard InChI is InChI=1S/C34H39N3O2S/c1-25-11-9-14-27(21-25)24-37-30-23-28(33(38)35-19-10-20-36(2)29-15-7-4-8-16-29)17-18-31(30)40-32(34(37)39)22-26-12-5-3-6-13-26/h3,5-6,9,11-14,17-18,21-23,29H,4,7-8,10,15-16,19-20,24H2,1-2H3,(H,35,38)/b32-22+. The van der Waals surface area contributed by atoms with Crippen molar-refractivity contribution in [3.05, 3.63) is 100.0 Å². The Hall–Kier alpha value is -3.35. The van der Waals surface area contributed by atoms with Gasteiger partial charge < -0.3 is 15.1 Å². The lowest BCUT2D eigenvalue weighted by atomic mass is 9.94. The number of anilines is 1. The van der Waals surface area contributed by atoms with Gasteiger partial charge in [0, 0.05) is 23.0 Å². The van der Waals surface area contributed by atoms with E-state index in [4.69, 9.17) is 0 Å². The summed E-state index contributed by atoms with van der Waals surface area (Å²) >= 11 is 1.47. The summed E-state index contributed by atoms with van der Waals surface area (Å²) in [5.74, 6) is -0.145. The van der Waals surface area contributed by atoms with Gasteiger partial charge in [-0.1, -0.05) is 91.2 Å². The number of benzene rings is 3. The zero-order valence-corrected chi connectivity index (χ0v) is 24.4. The molecule has 1 N–H and O–H groups in total. The van der Waals surface area contributed by atoms with E-state index in [2.05, 4.69) is 36.3 Å². The van der Waals surface area contributed by atoms with Crippen LogP contribution in [0.1, 0.15) is 65.6 Å². The van der Waals surface area contributed by atoms with Crippen LogP contribution in [0.15, 0.2) is 82.6 Å². The summed E-state index contributed by atoms with van der Waals surface area (Å²) in [6.07, 6.45) is 9.46. The van der Waals surface area contributed by atoms with Crippen molar-refractivity contribution in [2.75, 3.05) is 25.0 Å². The van der Waals surface area contributed by atoms with Crippen LogP contribution in [0.25, 0.3) is 6.08 Å². The Bertz CT molecular complexity index is 1360. The molecule has 3 aromatic rings. The number of rotatable bonds is 9. The van der Waals surface area contributed by atoms with E-state index >= 15 is 0 Å². The number of nitrogens with one attached hydrogen (secondary N) is 1. The number of carbonyl (C=O) groups is 2. The molecule has 0 unspecified atom stereocenters. The van der Waals surface area contributed by atoms with Crippen LogP contribution in [-0.2, 0) is 11.3 Å². The first-order valence-electron chi connectivity index (χ1n) is 14.4. The van der Waals surface area contributed by atoms with Crippen molar-refractivity contribution in [3.8, 4) is 0 Å². The molecule has 0 atom stereocenters. The number of carbonyl (C=O) groups excluding carboxylic acids is 2. The summed E-state index contributed by atoms with van der Waals surface area (Å²) < 4.78 is 0. The first kappa shape index (κ1) is 28.2. The maximum absolute atomic E-state index is 13.8. The van der Waals surface area contributed by atoms with E-state index in [9.17, 15) is 9.59 Å². The highest BCUT2D eigenvalue weighted by atomic mass is 32.2. The SMILES string of the molecule is Cc1cccc(CN2C(=O)/C(=C\c3ccccc3)Sc3ccc(C(=O)NCCCN(C)C4CCCCC4)cc32)c1. The zero-order valence-electron chi connectivity index (χ0n) is 23.6. The van der Waals surface area contributed by atoms with Crippen LogP contribution in [0.3, 0.4) is 0 Å². The van der Waals surface area contributed by atoms with Crippen LogP contribution in [0.2, 0.25) is 0 Å². The Morgan fingerprint density at radius 3 is 2.60 bits per heavy atom. The molecule has 1 fully saturated rings. The molecule has 1 saturated carbocycles. The Labute approximate surface area is 242 Å². The van der Waals surface area contributed by atoms with Gasteiger partial charge in [0.2, 0.25) is 0 Å². The van der Waals surface area contributed by atoms with E-state index in [1.165, 1.54) is 43.9 Å². The van der Waals surface area contributed by atoms with Crippen LogP contribution >= 0.6 is 11.8 Å². The second-order valence-corrected chi connectivity index (χ2v) is 12.0. The predicted octanol–water partition coefficient (Wildman–Crippen LogP) is 7.06. The summed E-state index contributed by atoms with van der Waals surface area (Å²) in [4.78, 5) is 32.8. The van der Waals surface area contributed by atoms with Gasteiger partial charge in [0.05, 0.1) is 17.1 Å². The zero-order chi connectivity index (χ0) is 27.9. The molecule has 208 valence electrons. The van der Waals surface area contributed by atoms with Crippen molar-refractivity contribution >= 4 is 35.3 Å². The molecule has 40 heavy (non-hydrogen) atoms. The van der Waals surface area contributed by atoms with Gasteiger partial charge in [0.1, 0.15) is 0 Å². The highest BCUT2D eigenvalue weighted by molar-refractivity contribution is 8.04. The lowest BCUT2D eigenvalue weighted by Crippen LogP contribution is -2.36. The number of thioether (sulfide) groups is 1. The molecule has 1 aliphatic heterocycles. The van der Waals surface area contributed by atoms with Crippen LogP contribution in [-0.4, -0.2) is 42.9 Å². The molecule has 0 radical (unpaired) electrons. The van der Waals surface area contributed by atoms with E-state index in [1.807, 2.05) is 71.6 Å². The van der Waals surface area contributed by atoms with Gasteiger partial charge >= 0.3 is 0 Å². The highest BCUT2D eigenvalue weighted by Crippen LogP contribution is 2.43. The number of hydrogen-bond donors (Lipinski definition) is 1. The summed E-state index contributed by atoms with van der Waals surface area (Å²) in [6.45, 7) is 4.12. The summed E-state index contributed by atoms with van der Waals surface area (Å²) in [5.41, 5.74) is 4.56. The fourth-order valence-corrected chi connectivity index (χ4v) is 6.68. The quantitative estimate of drug-likeness (QED) is 0.228. The van der Waals surface area contributed by atoms with Crippen LogP contribution in [0.5, 0.6) is 0 Å². The van der Waals surface area contributed by atoms with Crippen molar-refractivity contribution in [2.24, 2.45) is 0 Å². The molecule has 6 heteroatoms. The Balaban J connectivity index is 1.31. The molecular formula is C34H39N3O2S. The number of nitrogens with zero attached hydrogens (tertiary/aromatic N) is 2. The molecule has 0 bridgehead atoms. The van der Waals surface area contributed by atoms with Crippen molar-refractivity contribution in [3.63, 3.8) is 0 Å². The summed E-state index contributed by atoms with van der Waals surface area (Å²) in [5, 5.41) is 3.10. The highest BCUT2D eigenvalue weighted by Gasteiger charge is 2.30. The molecule has 2 aliphatic rings. The van der Waals surface area contributed by atoms with Gasteiger partial charge in [0.15, 0.2) is 0 Å². The van der Waals surface area contributed by atoms with Gasteiger partial charge in [-0.2, -0.15) is 0 Å². The van der Waals surface area contributed by atoms with Crippen molar-refractivity contribution in [1.82, 2.24) is 10.2 Å². The molecule has 2 amide bonds. The summed E-state index contributed by atoms with van der Waals surface area (Å²) in [6, 6.07) is 24.5. The topological polar surface area (TPSA) is 52.7 Å². The molecule has 0 saturated heterocycles. The first-order valence-corrected chi connectivity index (χ1v) is 15.2. The number of aryl methyl sites for hydroxylation is 1. The third kappa shape index (κ3) is 7.04. The second-order valence-electron chi connectivity index (χ2n) is 11.0. The van der Waals surface area contributed by atoms with Crippen LogP contribution < -0.4 is 10.2 Å². The van der Waals surface area contributed by atoms with Gasteiger partial charge in [-0.05, 0) is 75.2 Å². The van der Waals surface area contributed by atoms with Crippen molar-refractivity contribution in [2.45, 2.75) is 62.9 Å². The molecule has 0 spiro atoms. The lowest BCUT2D eigenvalue weighted by Gasteiger charge is -2.31. The number of fused-ring (bicyclic) bond motifs is 1. The molecule has 1 heterocycles. The van der Waals surface area contributed by atoms with E-state index in [0.29, 0.717) is 29.6 Å². The molecule has 0 aromatic heterocycles. The lowest BCUT2D eigenvalue weighted by molar-refractivity contribution is -0.114. The normalized spacial score (nSPS) is 16.8. The fraction of sp³-hybridized carbons (Fsp3) is 0.353. The molecular weight excluding hydrogens is 514 g/mol. The van der Waals surface area contributed by atoms with Gasteiger partial charge in [-0.15, -0.1) is 0 Å². The third-order valence-corrected chi connectivity index (χ3v) is 8.96. The van der Waals surface area contributed by atoms with Crippen LogP contribution in [0.4, 0.5) is 5.69 Å². The largest absolute Gasteiger partial charge is 0.352 e. The van der Waals surface area contributed by atoms with E-state index in [1.54, 1.807) is 0 Å². The third-order valence-electron chi connectivity index (χ3n) is 7.88. The Morgan fingerprint density at radius 1 is 1.02 bits per heavy atom. The Kier molecular flexibility index (Phi) is 9.40. The van der Waals surface area contributed by atoms with Gasteiger partial charge in [0.25, 0.3) is 11.8 Å². The van der Waals surface area contributed by atoms with E-state index < -0.39 is 0 Å². The first-order chi connectivity index (χ1) is 19.5. The van der Waals surface area contributed by atoms with E-state index in [-0.39, 0.29) is 11.8 Å². The van der Waals surface area contributed by atoms with E-state index in [0.717, 1.165) is 40.2 Å². The minimum absolute atomic E-state index is 0.0498. The number of amides is 2. The molecule has 5 nitrogen and oxygen atoms in total. The molecule has 1 aliphatic carbocycles. The smallest absolute Gasteiger partial charge is 0.265 e. The molecule has 3 aromatic carbocycles. The second kappa shape index (κ2) is 13.3. The molecule has 5 rings (SSSR count). The van der Waals surface area contributed by atoms with Gasteiger partial charge in [-0.3, -0.25) is 9.59 Å². The van der Waals surface area contributed by atoms with Crippen molar-refractivity contribution < 1.29 is 9.59 Å². The Morgan fingerprint density at radius 2 is 1.82 bits per heavy atom. The summed E-state index contributed by atoms with van der Waals surface area (Å²) in [7, 11) is 2.21. The predicted molar refractivity (Wildman–Crippen MR) is 166 cm³/mol. The number of hydrogen-bond acceptors (Lipinski definition) is 4. The average Bonchev–Trinajstić information content (AvgIpc) is 2.98. The minimum Gasteiger partial charge on any atom is -0.352 e. The maximum Gasteiger partial charge on any atom is 0.265 e. The monoisotopic (exact) mass is 553 g/mol. The van der Waals surface area contributed by atoms with Crippen LogP contribution in [0, 0.1) is 6.92 Å². The minimum atomic E-state index is -0.0956. The fourth-order valence-electron chi connectivity index (χ4n) is 5.64. The average molecular weight is 554 g/mol.